The lowest BCUT2D eigenvalue weighted by molar-refractivity contribution is -0.0137. The summed E-state index contributed by atoms with van der Waals surface area (Å²) >= 11 is 0. The molecule has 1 aliphatic heterocycles. The van der Waals surface area contributed by atoms with Gasteiger partial charge in [0.2, 0.25) is 0 Å². The van der Waals surface area contributed by atoms with Gasteiger partial charge in [0, 0.05) is 37.3 Å². The number of aliphatic hydroxyl groups is 1. The van der Waals surface area contributed by atoms with Crippen LogP contribution in [0.3, 0.4) is 0 Å². The Morgan fingerprint density at radius 3 is 2.53 bits per heavy atom. The van der Waals surface area contributed by atoms with Gasteiger partial charge in [0.1, 0.15) is 0 Å². The molecule has 0 bridgehead atoms. The quantitative estimate of drug-likeness (QED) is 0.754. The maximum Gasteiger partial charge on any atom is 0.0446 e. The van der Waals surface area contributed by atoms with E-state index in [1.807, 2.05) is 0 Å². The van der Waals surface area contributed by atoms with Gasteiger partial charge < -0.3 is 5.11 Å². The molecule has 0 radical (unpaired) electrons. The zero-order valence-electron chi connectivity index (χ0n) is 10.2. The van der Waals surface area contributed by atoms with Crippen LogP contribution in [-0.2, 0) is 0 Å². The van der Waals surface area contributed by atoms with E-state index in [1.165, 1.54) is 12.8 Å². The highest BCUT2D eigenvalue weighted by Crippen LogP contribution is 2.34. The normalized spacial score (nSPS) is 33.2. The highest BCUT2D eigenvalue weighted by atomic mass is 16.3. The van der Waals surface area contributed by atoms with Crippen LogP contribution in [0, 0.1) is 0 Å². The lowest BCUT2D eigenvalue weighted by atomic mass is 9.95. The first-order valence-corrected chi connectivity index (χ1v) is 6.12. The Morgan fingerprint density at radius 2 is 2.00 bits per heavy atom. The number of hydrogen-bond donors (Lipinski definition) is 1. The molecule has 0 aromatic heterocycles. The van der Waals surface area contributed by atoms with Crippen LogP contribution in [-0.4, -0.2) is 59.3 Å². The van der Waals surface area contributed by atoms with Crippen molar-refractivity contribution in [3.63, 3.8) is 0 Å². The molecule has 3 heteroatoms. The molecule has 0 amide bonds. The van der Waals surface area contributed by atoms with Gasteiger partial charge in [-0.05, 0) is 40.2 Å². The lowest BCUT2D eigenvalue weighted by Gasteiger charge is -2.50. The van der Waals surface area contributed by atoms with E-state index in [1.54, 1.807) is 0 Å². The Bertz CT molecular complexity index is 226. The van der Waals surface area contributed by atoms with E-state index >= 15 is 0 Å². The third-order valence-electron chi connectivity index (χ3n) is 4.03. The van der Waals surface area contributed by atoms with Crippen molar-refractivity contribution < 1.29 is 5.11 Å². The van der Waals surface area contributed by atoms with E-state index in [-0.39, 0.29) is 5.54 Å². The van der Waals surface area contributed by atoms with Gasteiger partial charge in [0.05, 0.1) is 0 Å². The van der Waals surface area contributed by atoms with Gasteiger partial charge >= 0.3 is 0 Å². The summed E-state index contributed by atoms with van der Waals surface area (Å²) in [7, 11) is 2.20. The van der Waals surface area contributed by atoms with Crippen molar-refractivity contribution in [2.24, 2.45) is 0 Å². The molecule has 15 heavy (non-hydrogen) atoms. The van der Waals surface area contributed by atoms with Crippen molar-refractivity contribution in [3.05, 3.63) is 0 Å². The SMILES string of the molecule is CN1CC(CCO)N(C2CC2)CC1(C)C. The van der Waals surface area contributed by atoms with Gasteiger partial charge in [-0.3, -0.25) is 9.80 Å². The second-order valence-corrected chi connectivity index (χ2v) is 5.76. The van der Waals surface area contributed by atoms with Crippen molar-refractivity contribution in [2.45, 2.75) is 50.7 Å². The summed E-state index contributed by atoms with van der Waals surface area (Å²) in [4.78, 5) is 5.07. The molecule has 1 saturated heterocycles. The van der Waals surface area contributed by atoms with Crippen LogP contribution in [0.1, 0.15) is 33.1 Å². The molecule has 2 rings (SSSR count). The summed E-state index contributed by atoms with van der Waals surface area (Å²) in [6.07, 6.45) is 3.65. The Hall–Kier alpha value is -0.120. The van der Waals surface area contributed by atoms with Crippen LogP contribution in [0.15, 0.2) is 0 Å². The molecule has 1 N–H and O–H groups in total. The molecular formula is C12H24N2O. The van der Waals surface area contributed by atoms with E-state index in [0.29, 0.717) is 12.6 Å². The van der Waals surface area contributed by atoms with Gasteiger partial charge in [0.25, 0.3) is 0 Å². The highest BCUT2D eigenvalue weighted by Gasteiger charge is 2.42. The van der Waals surface area contributed by atoms with Crippen molar-refractivity contribution in [2.75, 3.05) is 26.7 Å². The van der Waals surface area contributed by atoms with Gasteiger partial charge in [-0.2, -0.15) is 0 Å². The molecule has 3 nitrogen and oxygen atoms in total. The third kappa shape index (κ3) is 2.35. The average Bonchev–Trinajstić information content (AvgIpc) is 2.95. The largest absolute Gasteiger partial charge is 0.396 e. The second-order valence-electron chi connectivity index (χ2n) is 5.76. The van der Waals surface area contributed by atoms with E-state index in [9.17, 15) is 0 Å². The van der Waals surface area contributed by atoms with Crippen LogP contribution in [0.4, 0.5) is 0 Å². The van der Waals surface area contributed by atoms with Gasteiger partial charge in [0.15, 0.2) is 0 Å². The number of nitrogens with zero attached hydrogens (tertiary/aromatic N) is 2. The summed E-state index contributed by atoms with van der Waals surface area (Å²) in [6.45, 7) is 7.21. The van der Waals surface area contributed by atoms with Crippen molar-refractivity contribution in [1.29, 1.82) is 0 Å². The van der Waals surface area contributed by atoms with Crippen molar-refractivity contribution in [3.8, 4) is 0 Å². The van der Waals surface area contributed by atoms with Crippen LogP contribution < -0.4 is 0 Å². The average molecular weight is 212 g/mol. The topological polar surface area (TPSA) is 26.7 Å². The van der Waals surface area contributed by atoms with E-state index < -0.39 is 0 Å². The Balaban J connectivity index is 2.04. The zero-order chi connectivity index (χ0) is 11.1. The molecule has 1 heterocycles. The minimum absolute atomic E-state index is 0.286. The van der Waals surface area contributed by atoms with Crippen LogP contribution in [0.25, 0.3) is 0 Å². The Kier molecular flexibility index (Phi) is 3.06. The van der Waals surface area contributed by atoms with Gasteiger partial charge in [-0.25, -0.2) is 0 Å². The first kappa shape index (κ1) is 11.4. The molecule has 0 spiro atoms. The number of hydrogen-bond acceptors (Lipinski definition) is 3. The molecular weight excluding hydrogens is 188 g/mol. The fraction of sp³-hybridized carbons (Fsp3) is 1.00. The maximum atomic E-state index is 9.11. The van der Waals surface area contributed by atoms with E-state index in [0.717, 1.165) is 25.6 Å². The predicted molar refractivity (Wildman–Crippen MR) is 61.9 cm³/mol. The monoisotopic (exact) mass is 212 g/mol. The number of piperazine rings is 1. The minimum atomic E-state index is 0.286. The molecule has 2 aliphatic rings. The number of rotatable bonds is 3. The maximum absolute atomic E-state index is 9.11. The summed E-state index contributed by atoms with van der Waals surface area (Å²) in [5, 5.41) is 9.11. The summed E-state index contributed by atoms with van der Waals surface area (Å²) < 4.78 is 0. The summed E-state index contributed by atoms with van der Waals surface area (Å²) in [6, 6.07) is 1.38. The molecule has 1 atom stereocenters. The zero-order valence-corrected chi connectivity index (χ0v) is 10.2. The van der Waals surface area contributed by atoms with E-state index in [4.69, 9.17) is 5.11 Å². The van der Waals surface area contributed by atoms with Crippen LogP contribution in [0.5, 0.6) is 0 Å². The first-order chi connectivity index (χ1) is 7.04. The predicted octanol–water partition coefficient (Wildman–Crippen LogP) is 0.926. The van der Waals surface area contributed by atoms with Gasteiger partial charge in [-0.1, -0.05) is 0 Å². The summed E-state index contributed by atoms with van der Waals surface area (Å²) in [5.41, 5.74) is 0.286. The molecule has 1 unspecified atom stereocenters. The molecule has 0 aromatic rings. The number of aliphatic hydroxyl groups excluding tert-OH is 1. The van der Waals surface area contributed by atoms with Crippen molar-refractivity contribution in [1.82, 2.24) is 9.80 Å². The highest BCUT2D eigenvalue weighted by molar-refractivity contribution is 4.99. The smallest absolute Gasteiger partial charge is 0.0446 e. The molecule has 1 saturated carbocycles. The lowest BCUT2D eigenvalue weighted by Crippen LogP contribution is -2.62. The Labute approximate surface area is 93.1 Å². The fourth-order valence-electron chi connectivity index (χ4n) is 2.60. The van der Waals surface area contributed by atoms with Crippen LogP contribution >= 0.6 is 0 Å². The third-order valence-corrected chi connectivity index (χ3v) is 4.03. The molecule has 2 fully saturated rings. The van der Waals surface area contributed by atoms with E-state index in [2.05, 4.69) is 30.7 Å². The van der Waals surface area contributed by atoms with Crippen molar-refractivity contribution >= 4 is 0 Å². The number of likely N-dealkylation sites (N-methyl/N-ethyl adjacent to an activating group) is 1. The molecule has 1 aliphatic carbocycles. The fourth-order valence-corrected chi connectivity index (χ4v) is 2.60. The molecule has 88 valence electrons. The second kappa shape index (κ2) is 4.04. The standard InChI is InChI=1S/C12H24N2O/c1-12(2)9-14(10-4-5-10)11(6-7-15)8-13(12)3/h10-11,15H,4-9H2,1-3H3. The Morgan fingerprint density at radius 1 is 1.33 bits per heavy atom. The van der Waals surface area contributed by atoms with Crippen LogP contribution in [0.2, 0.25) is 0 Å². The summed E-state index contributed by atoms with van der Waals surface area (Å²) in [5.74, 6) is 0. The van der Waals surface area contributed by atoms with Gasteiger partial charge in [-0.15, -0.1) is 0 Å². The minimum Gasteiger partial charge on any atom is -0.396 e. The molecule has 0 aromatic carbocycles. The first-order valence-electron chi connectivity index (χ1n) is 6.12.